The third-order valence-electron chi connectivity index (χ3n) is 4.15. The molecule has 104 valence electrons. The van der Waals surface area contributed by atoms with Crippen LogP contribution in [-0.2, 0) is 0 Å². The maximum absolute atomic E-state index is 11.6. The van der Waals surface area contributed by atoms with Crippen molar-refractivity contribution in [1.29, 1.82) is 0 Å². The second-order valence-corrected chi connectivity index (χ2v) is 5.24. The van der Waals surface area contributed by atoms with Gasteiger partial charge in [-0.05, 0) is 45.8 Å². The summed E-state index contributed by atoms with van der Waals surface area (Å²) >= 11 is 0. The van der Waals surface area contributed by atoms with Gasteiger partial charge in [0.25, 0.3) is 0 Å². The number of rotatable bonds is 0. The van der Waals surface area contributed by atoms with Gasteiger partial charge in [0.1, 0.15) is 0 Å². The molecule has 0 spiro atoms. The second kappa shape index (κ2) is 3.30. The van der Waals surface area contributed by atoms with Crippen molar-refractivity contribution in [2.45, 2.75) is 0 Å². The molecule has 0 aliphatic carbocycles. The molecule has 3 aromatic carbocycles. The average Bonchev–Trinajstić information content (AvgIpc) is 2.92. The molecule has 0 aliphatic rings. The van der Waals surface area contributed by atoms with Crippen LogP contribution in [-0.4, -0.2) is 0 Å². The molecule has 6 heteroatoms. The molecule has 5 aromatic rings. The van der Waals surface area contributed by atoms with Crippen molar-refractivity contribution in [3.05, 3.63) is 65.9 Å². The van der Waals surface area contributed by atoms with Gasteiger partial charge in [0.2, 0.25) is 0 Å². The van der Waals surface area contributed by atoms with E-state index in [2.05, 4.69) is 8.83 Å². The Bertz CT molecular complexity index is 1200. The summed E-state index contributed by atoms with van der Waals surface area (Å²) in [6.07, 6.45) is 0. The summed E-state index contributed by atoms with van der Waals surface area (Å²) in [6.45, 7) is 0. The van der Waals surface area contributed by atoms with Gasteiger partial charge in [0.05, 0.1) is 21.5 Å². The smallest absolute Gasteiger partial charge is 0.346 e. The van der Waals surface area contributed by atoms with Gasteiger partial charge in [-0.3, -0.25) is 0 Å². The highest BCUT2D eigenvalue weighted by atomic mass is 16.4. The van der Waals surface area contributed by atoms with E-state index in [-0.39, 0.29) is 21.5 Å². The average molecular weight is 292 g/mol. The first-order chi connectivity index (χ1) is 10.5. The molecule has 0 fully saturated rings. The van der Waals surface area contributed by atoms with Crippen molar-refractivity contribution in [3.8, 4) is 0 Å². The zero-order valence-corrected chi connectivity index (χ0v) is 10.8. The van der Waals surface area contributed by atoms with Crippen molar-refractivity contribution < 1.29 is 8.83 Å². The first-order valence-electron chi connectivity index (χ1n) is 6.44. The molecule has 2 heterocycles. The third-order valence-corrected chi connectivity index (χ3v) is 4.15. The van der Waals surface area contributed by atoms with Crippen molar-refractivity contribution in [3.63, 3.8) is 0 Å². The fourth-order valence-electron chi connectivity index (χ4n) is 3.09. The lowest BCUT2D eigenvalue weighted by atomic mass is 9.91. The summed E-state index contributed by atoms with van der Waals surface area (Å²) in [4.78, 5) is 46.4. The molecule has 0 bridgehead atoms. The number of furan rings is 2. The predicted octanol–water partition coefficient (Wildman–Crippen LogP) is 1.24. The maximum Gasteiger partial charge on any atom is 0.346 e. The van der Waals surface area contributed by atoms with E-state index in [4.69, 9.17) is 0 Å². The highest BCUT2D eigenvalue weighted by Crippen LogP contribution is 2.38. The van der Waals surface area contributed by atoms with Gasteiger partial charge in [0.15, 0.2) is 0 Å². The van der Waals surface area contributed by atoms with E-state index in [0.717, 1.165) is 21.5 Å². The Morgan fingerprint density at radius 2 is 0.636 bits per heavy atom. The summed E-state index contributed by atoms with van der Waals surface area (Å²) in [5.41, 5.74) is -2.70. The number of fused-ring (bicyclic) bond motifs is 6. The third kappa shape index (κ3) is 1.12. The van der Waals surface area contributed by atoms with Gasteiger partial charge in [-0.15, -0.1) is 0 Å². The lowest BCUT2D eigenvalue weighted by Gasteiger charge is -2.10. The van der Waals surface area contributed by atoms with Crippen LogP contribution >= 0.6 is 0 Å². The van der Waals surface area contributed by atoms with Crippen molar-refractivity contribution in [1.82, 2.24) is 0 Å². The Kier molecular flexibility index (Phi) is 1.71. The fraction of sp³-hybridized carbons (Fsp3) is 0. The highest BCUT2D eigenvalue weighted by Gasteiger charge is 2.19. The number of hydrogen-bond acceptors (Lipinski definition) is 6. The van der Waals surface area contributed by atoms with Crippen LogP contribution < -0.4 is 22.5 Å². The van der Waals surface area contributed by atoms with Crippen LogP contribution in [0.5, 0.6) is 0 Å². The molecule has 0 aliphatic heterocycles. The Labute approximate surface area is 118 Å². The van der Waals surface area contributed by atoms with Crippen molar-refractivity contribution >= 4 is 43.1 Å². The molecular formula is C16H4O6. The Morgan fingerprint density at radius 3 is 0.864 bits per heavy atom. The molecule has 0 amide bonds. The van der Waals surface area contributed by atoms with E-state index in [9.17, 15) is 19.2 Å². The topological polar surface area (TPSA) is 94.6 Å². The van der Waals surface area contributed by atoms with Crippen molar-refractivity contribution in [2.75, 3.05) is 0 Å². The Hall–Kier alpha value is -3.28. The van der Waals surface area contributed by atoms with Crippen LogP contribution in [0.3, 0.4) is 0 Å². The lowest BCUT2D eigenvalue weighted by molar-refractivity contribution is 0.499. The van der Waals surface area contributed by atoms with E-state index in [1.165, 1.54) is 0 Å². The van der Waals surface area contributed by atoms with Gasteiger partial charge >= 0.3 is 22.5 Å². The molecule has 0 saturated heterocycles. The summed E-state index contributed by atoms with van der Waals surface area (Å²) in [5, 5.41) is 3.85. The monoisotopic (exact) mass is 292 g/mol. The van der Waals surface area contributed by atoms with Crippen LogP contribution in [0.15, 0.2) is 52.3 Å². The largest absolute Gasteiger partial charge is 0.386 e. The minimum absolute atomic E-state index is 0.216. The van der Waals surface area contributed by atoms with E-state index >= 15 is 0 Å². The molecule has 0 atom stereocenters. The SMILES string of the molecule is O=c1oc(=O)c2cc3c(cc12)c1cc2c(=O)oc(=O)c2cc31. The lowest BCUT2D eigenvalue weighted by Crippen LogP contribution is -1.94. The van der Waals surface area contributed by atoms with Gasteiger partial charge in [0, 0.05) is 0 Å². The first-order valence-corrected chi connectivity index (χ1v) is 6.44. The quantitative estimate of drug-likeness (QED) is 0.426. The zero-order chi connectivity index (χ0) is 15.2. The Morgan fingerprint density at radius 1 is 0.409 bits per heavy atom. The van der Waals surface area contributed by atoms with Crippen LogP contribution in [0.25, 0.3) is 43.1 Å². The summed E-state index contributed by atoms with van der Waals surface area (Å²) < 4.78 is 9.15. The van der Waals surface area contributed by atoms with E-state index in [0.29, 0.717) is 0 Å². The van der Waals surface area contributed by atoms with Gasteiger partial charge in [-0.1, -0.05) is 0 Å². The summed E-state index contributed by atoms with van der Waals surface area (Å²) in [5.74, 6) is 0. The Balaban J connectivity index is 2.07. The van der Waals surface area contributed by atoms with Crippen LogP contribution in [0.4, 0.5) is 0 Å². The summed E-state index contributed by atoms with van der Waals surface area (Å²) in [6, 6.07) is 6.31. The van der Waals surface area contributed by atoms with E-state index in [1.807, 2.05) is 0 Å². The molecule has 0 N–H and O–H groups in total. The summed E-state index contributed by atoms with van der Waals surface area (Å²) in [7, 11) is 0. The second-order valence-electron chi connectivity index (χ2n) is 5.24. The normalized spacial score (nSPS) is 12.4. The molecule has 0 radical (unpaired) electrons. The van der Waals surface area contributed by atoms with Crippen LogP contribution in [0.1, 0.15) is 0 Å². The predicted molar refractivity (Wildman–Crippen MR) is 79.6 cm³/mol. The molecule has 6 nitrogen and oxygen atoms in total. The van der Waals surface area contributed by atoms with Crippen LogP contribution in [0.2, 0.25) is 0 Å². The molecule has 0 unspecified atom stereocenters. The molecule has 0 saturated carbocycles. The standard InChI is InChI=1S/C16H4O6/c17-13-9-1-5-6(2-10(9)14(18)21-13)8-4-12-11(3-7(5)8)15(19)22-16(12)20/h1-4H. The van der Waals surface area contributed by atoms with Crippen LogP contribution in [0, 0.1) is 0 Å². The first kappa shape index (κ1) is 11.4. The van der Waals surface area contributed by atoms with Gasteiger partial charge in [-0.2, -0.15) is 0 Å². The number of benzene rings is 2. The minimum atomic E-state index is -0.674. The molecule has 2 aromatic heterocycles. The minimum Gasteiger partial charge on any atom is -0.386 e. The molecular weight excluding hydrogens is 288 g/mol. The van der Waals surface area contributed by atoms with Crippen molar-refractivity contribution in [2.24, 2.45) is 0 Å². The fourth-order valence-corrected chi connectivity index (χ4v) is 3.09. The van der Waals surface area contributed by atoms with E-state index in [1.54, 1.807) is 24.3 Å². The van der Waals surface area contributed by atoms with Gasteiger partial charge in [-0.25, -0.2) is 19.2 Å². The van der Waals surface area contributed by atoms with Gasteiger partial charge < -0.3 is 8.83 Å². The number of hydrogen-bond donors (Lipinski definition) is 0. The molecule has 5 rings (SSSR count). The maximum atomic E-state index is 11.6. The zero-order valence-electron chi connectivity index (χ0n) is 10.8. The molecule has 22 heavy (non-hydrogen) atoms. The highest BCUT2D eigenvalue weighted by molar-refractivity contribution is 6.29. The van der Waals surface area contributed by atoms with E-state index < -0.39 is 22.5 Å².